The van der Waals surface area contributed by atoms with Crippen molar-refractivity contribution < 1.29 is 9.90 Å². The molecule has 2 rings (SSSR count). The van der Waals surface area contributed by atoms with E-state index >= 15 is 0 Å². The summed E-state index contributed by atoms with van der Waals surface area (Å²) < 4.78 is 0. The molecule has 1 fully saturated rings. The van der Waals surface area contributed by atoms with Crippen LogP contribution in [-0.2, 0) is 4.79 Å². The number of anilines is 1. The van der Waals surface area contributed by atoms with E-state index in [9.17, 15) is 14.4 Å². The number of aliphatic carboxylic acids is 1. The summed E-state index contributed by atoms with van der Waals surface area (Å²) in [4.78, 5) is 35.0. The molecule has 4 N–H and O–H groups in total. The molecule has 1 aromatic heterocycles. The molecule has 0 bridgehead atoms. The second-order valence-electron chi connectivity index (χ2n) is 4.63. The van der Waals surface area contributed by atoms with Gasteiger partial charge in [-0.05, 0) is 18.3 Å². The quantitative estimate of drug-likeness (QED) is 0.561. The maximum absolute atomic E-state index is 11.4. The number of hydrogen-bond acceptors (Lipinski definition) is 5. The lowest BCUT2D eigenvalue weighted by molar-refractivity contribution is -0.141. The summed E-state index contributed by atoms with van der Waals surface area (Å²) in [5.74, 6) is -0.842. The van der Waals surface area contributed by atoms with Gasteiger partial charge >= 0.3 is 11.7 Å². The van der Waals surface area contributed by atoms with E-state index in [4.69, 9.17) is 5.11 Å². The molecule has 0 atom stereocenters. The Morgan fingerprint density at radius 1 is 1.44 bits per heavy atom. The van der Waals surface area contributed by atoms with Gasteiger partial charge in [0.15, 0.2) is 0 Å². The van der Waals surface area contributed by atoms with Crippen LogP contribution in [0.4, 0.5) is 5.82 Å². The van der Waals surface area contributed by atoms with Gasteiger partial charge in [-0.3, -0.25) is 14.6 Å². The highest BCUT2D eigenvalue weighted by atomic mass is 16.4. The van der Waals surface area contributed by atoms with Crippen molar-refractivity contribution in [3.8, 4) is 0 Å². The van der Waals surface area contributed by atoms with Crippen LogP contribution in [0.3, 0.4) is 0 Å². The minimum absolute atomic E-state index is 0.00580. The van der Waals surface area contributed by atoms with E-state index in [1.807, 2.05) is 4.98 Å². The van der Waals surface area contributed by atoms with Crippen LogP contribution in [0.2, 0.25) is 0 Å². The van der Waals surface area contributed by atoms with E-state index in [2.05, 4.69) is 15.5 Å². The molecule has 0 amide bonds. The topological polar surface area (TPSA) is 128 Å². The predicted molar refractivity (Wildman–Crippen MR) is 62.5 cm³/mol. The fraction of sp³-hybridized carbons (Fsp3) is 0.600. The predicted octanol–water partition coefficient (Wildman–Crippen LogP) is -0.485. The summed E-state index contributed by atoms with van der Waals surface area (Å²) in [6.45, 7) is 0.363. The third-order valence-electron chi connectivity index (χ3n) is 3.28. The van der Waals surface area contributed by atoms with Crippen molar-refractivity contribution in [1.82, 2.24) is 15.2 Å². The molecule has 98 valence electrons. The zero-order chi connectivity index (χ0) is 13.2. The molecule has 0 aromatic carbocycles. The number of aromatic nitrogens is 3. The molecule has 1 saturated carbocycles. The maximum Gasteiger partial charge on any atom is 0.342 e. The molecule has 1 aromatic rings. The standard InChI is InChI=1S/C10H14N4O4/c15-6(16)4-10(2-1-3-10)5-11-7-8(17)12-9(18)14-13-7/h1-5H2,(H,11,13)(H,15,16)(H2,12,14,17,18). The van der Waals surface area contributed by atoms with Crippen LogP contribution in [-0.4, -0.2) is 32.8 Å². The number of H-pyrrole nitrogens is 2. The van der Waals surface area contributed by atoms with E-state index in [1.54, 1.807) is 0 Å². The highest BCUT2D eigenvalue weighted by molar-refractivity contribution is 5.68. The SMILES string of the molecule is O=C(O)CC1(CNc2n[nH]c(=O)[nH]c2=O)CCC1. The van der Waals surface area contributed by atoms with Crippen LogP contribution < -0.4 is 16.6 Å². The van der Waals surface area contributed by atoms with Crippen LogP contribution in [0.25, 0.3) is 0 Å². The Hall–Kier alpha value is -2.12. The van der Waals surface area contributed by atoms with Crippen molar-refractivity contribution in [2.24, 2.45) is 5.41 Å². The van der Waals surface area contributed by atoms with Gasteiger partial charge in [0, 0.05) is 6.54 Å². The molecule has 8 nitrogen and oxygen atoms in total. The Balaban J connectivity index is 2.04. The average molecular weight is 254 g/mol. The third-order valence-corrected chi connectivity index (χ3v) is 3.28. The Kier molecular flexibility index (Phi) is 3.17. The second-order valence-corrected chi connectivity index (χ2v) is 4.63. The number of nitrogens with zero attached hydrogens (tertiary/aromatic N) is 1. The van der Waals surface area contributed by atoms with Crippen molar-refractivity contribution in [3.05, 3.63) is 20.8 Å². The van der Waals surface area contributed by atoms with E-state index in [1.165, 1.54) is 0 Å². The van der Waals surface area contributed by atoms with Gasteiger partial charge in [-0.1, -0.05) is 6.42 Å². The average Bonchev–Trinajstić information content (AvgIpc) is 2.23. The minimum Gasteiger partial charge on any atom is -0.481 e. The van der Waals surface area contributed by atoms with Crippen molar-refractivity contribution in [2.45, 2.75) is 25.7 Å². The molecule has 1 aliphatic carbocycles. The summed E-state index contributed by atoms with van der Waals surface area (Å²) in [6, 6.07) is 0. The van der Waals surface area contributed by atoms with Crippen molar-refractivity contribution >= 4 is 11.8 Å². The Morgan fingerprint density at radius 2 is 2.17 bits per heavy atom. The van der Waals surface area contributed by atoms with Gasteiger partial charge in [-0.25, -0.2) is 9.89 Å². The molecular formula is C10H14N4O4. The van der Waals surface area contributed by atoms with Gasteiger partial charge in [0.1, 0.15) is 0 Å². The molecule has 0 spiro atoms. The number of carboxylic acid groups (broad SMARTS) is 1. The molecule has 18 heavy (non-hydrogen) atoms. The molecule has 0 aliphatic heterocycles. The lowest BCUT2D eigenvalue weighted by Gasteiger charge is -2.40. The van der Waals surface area contributed by atoms with E-state index in [0.717, 1.165) is 19.3 Å². The van der Waals surface area contributed by atoms with Gasteiger partial charge in [-0.2, -0.15) is 0 Å². The monoisotopic (exact) mass is 254 g/mol. The maximum atomic E-state index is 11.4. The number of hydrogen-bond donors (Lipinski definition) is 4. The van der Waals surface area contributed by atoms with E-state index < -0.39 is 17.2 Å². The summed E-state index contributed by atoms with van der Waals surface area (Å²) >= 11 is 0. The lowest BCUT2D eigenvalue weighted by atomic mass is 9.66. The molecule has 0 radical (unpaired) electrons. The summed E-state index contributed by atoms with van der Waals surface area (Å²) in [7, 11) is 0. The summed E-state index contributed by atoms with van der Waals surface area (Å²) in [5.41, 5.74) is -1.59. The van der Waals surface area contributed by atoms with Gasteiger partial charge in [0.2, 0.25) is 5.82 Å². The molecule has 1 aliphatic rings. The summed E-state index contributed by atoms with van der Waals surface area (Å²) in [6.07, 6.45) is 2.69. The normalized spacial score (nSPS) is 16.9. The number of carbonyl (C=O) groups is 1. The minimum atomic E-state index is -0.847. The fourth-order valence-corrected chi connectivity index (χ4v) is 2.15. The first kappa shape index (κ1) is 12.3. The van der Waals surface area contributed by atoms with Gasteiger partial charge in [0.25, 0.3) is 5.56 Å². The van der Waals surface area contributed by atoms with Crippen LogP contribution in [0.15, 0.2) is 9.59 Å². The van der Waals surface area contributed by atoms with Gasteiger partial charge in [0.05, 0.1) is 6.42 Å². The molecule has 1 heterocycles. The number of carboxylic acids is 1. The Morgan fingerprint density at radius 3 is 2.67 bits per heavy atom. The molecular weight excluding hydrogens is 240 g/mol. The third kappa shape index (κ3) is 2.58. The van der Waals surface area contributed by atoms with E-state index in [-0.39, 0.29) is 17.7 Å². The van der Waals surface area contributed by atoms with Crippen LogP contribution in [0.5, 0.6) is 0 Å². The second kappa shape index (κ2) is 4.63. The first-order valence-electron chi connectivity index (χ1n) is 5.65. The fourth-order valence-electron chi connectivity index (χ4n) is 2.15. The van der Waals surface area contributed by atoms with Gasteiger partial charge in [-0.15, -0.1) is 5.10 Å². The van der Waals surface area contributed by atoms with Crippen LogP contribution >= 0.6 is 0 Å². The van der Waals surface area contributed by atoms with Crippen LogP contribution in [0.1, 0.15) is 25.7 Å². The highest BCUT2D eigenvalue weighted by Gasteiger charge is 2.39. The smallest absolute Gasteiger partial charge is 0.342 e. The lowest BCUT2D eigenvalue weighted by Crippen LogP contribution is -2.40. The number of nitrogens with one attached hydrogen (secondary N) is 3. The largest absolute Gasteiger partial charge is 0.481 e. The van der Waals surface area contributed by atoms with Crippen molar-refractivity contribution in [3.63, 3.8) is 0 Å². The first-order chi connectivity index (χ1) is 8.51. The number of aromatic amines is 2. The zero-order valence-electron chi connectivity index (χ0n) is 9.65. The van der Waals surface area contributed by atoms with Gasteiger partial charge < -0.3 is 10.4 Å². The molecule has 8 heteroatoms. The molecule has 0 saturated heterocycles. The summed E-state index contributed by atoms with van der Waals surface area (Å²) in [5, 5.41) is 17.3. The first-order valence-corrected chi connectivity index (χ1v) is 5.65. The van der Waals surface area contributed by atoms with Crippen molar-refractivity contribution in [1.29, 1.82) is 0 Å². The molecule has 0 unspecified atom stereocenters. The zero-order valence-corrected chi connectivity index (χ0v) is 9.65. The van der Waals surface area contributed by atoms with E-state index in [0.29, 0.717) is 6.54 Å². The van der Waals surface area contributed by atoms with Crippen LogP contribution in [0, 0.1) is 5.41 Å². The Labute approximate surface area is 101 Å². The van der Waals surface area contributed by atoms with Crippen molar-refractivity contribution in [2.75, 3.05) is 11.9 Å². The number of rotatable bonds is 5. The highest BCUT2D eigenvalue weighted by Crippen LogP contribution is 2.43. The Bertz CT molecular complexity index is 557.